The van der Waals surface area contributed by atoms with Crippen LogP contribution in [-0.4, -0.2) is 24.9 Å². The highest BCUT2D eigenvalue weighted by Crippen LogP contribution is 2.47. The molecule has 0 saturated heterocycles. The van der Waals surface area contributed by atoms with Crippen molar-refractivity contribution in [2.75, 3.05) is 6.61 Å². The molecule has 0 saturated carbocycles. The molecular weight excluding hydrogens is 386 g/mol. The Kier molecular flexibility index (Phi) is 5.86. The Morgan fingerprint density at radius 1 is 1.10 bits per heavy atom. The highest BCUT2D eigenvalue weighted by atomic mass is 35.5. The number of nitrogens with zero attached hydrogens (tertiary/aromatic N) is 2. The molecule has 6 heteroatoms. The number of carbonyl (C=O) groups is 1. The van der Waals surface area contributed by atoms with E-state index in [1.54, 1.807) is 18.3 Å². The molecule has 2 aliphatic rings. The summed E-state index contributed by atoms with van der Waals surface area (Å²) in [6.07, 6.45) is 8.80. The SMILES string of the molecule is O=C(CO/N=C/c1cccc(Cl)c1)N/N=C/C1=C(c2ccccc2)C2C=CC1C2. The van der Waals surface area contributed by atoms with Gasteiger partial charge in [-0.2, -0.15) is 5.10 Å². The lowest BCUT2D eigenvalue weighted by atomic mass is 9.92. The number of benzene rings is 2. The first-order valence-corrected chi connectivity index (χ1v) is 9.79. The van der Waals surface area contributed by atoms with Gasteiger partial charge in [-0.3, -0.25) is 4.79 Å². The van der Waals surface area contributed by atoms with Gasteiger partial charge in [0, 0.05) is 16.9 Å². The molecule has 2 aromatic rings. The van der Waals surface area contributed by atoms with Gasteiger partial charge in [0.1, 0.15) is 0 Å². The van der Waals surface area contributed by atoms with Crippen molar-refractivity contribution in [1.29, 1.82) is 0 Å². The smallest absolute Gasteiger partial charge is 0.280 e. The molecule has 29 heavy (non-hydrogen) atoms. The lowest BCUT2D eigenvalue weighted by molar-refractivity contribution is -0.125. The van der Waals surface area contributed by atoms with Gasteiger partial charge in [0.15, 0.2) is 6.61 Å². The second kappa shape index (κ2) is 8.88. The molecule has 0 aromatic heterocycles. The van der Waals surface area contributed by atoms with E-state index in [2.05, 4.69) is 40.0 Å². The quantitative estimate of drug-likeness (QED) is 0.420. The molecule has 1 amide bonds. The van der Waals surface area contributed by atoms with Crippen LogP contribution >= 0.6 is 11.6 Å². The van der Waals surface area contributed by atoms with Crippen molar-refractivity contribution in [3.63, 3.8) is 0 Å². The molecular formula is C23H20ClN3O2. The minimum Gasteiger partial charge on any atom is -0.386 e. The van der Waals surface area contributed by atoms with Gasteiger partial charge < -0.3 is 4.84 Å². The van der Waals surface area contributed by atoms with Gasteiger partial charge in [-0.05, 0) is 40.8 Å². The van der Waals surface area contributed by atoms with Gasteiger partial charge in [-0.25, -0.2) is 5.43 Å². The maximum Gasteiger partial charge on any atom is 0.280 e. The summed E-state index contributed by atoms with van der Waals surface area (Å²) in [5.74, 6) is 0.406. The van der Waals surface area contributed by atoms with Gasteiger partial charge in [0.25, 0.3) is 5.91 Å². The van der Waals surface area contributed by atoms with Gasteiger partial charge in [-0.1, -0.05) is 71.4 Å². The Labute approximate surface area is 174 Å². The second-order valence-electron chi connectivity index (χ2n) is 6.92. The van der Waals surface area contributed by atoms with Gasteiger partial charge in [0.2, 0.25) is 0 Å². The maximum absolute atomic E-state index is 11.9. The number of rotatable bonds is 7. The van der Waals surface area contributed by atoms with E-state index in [1.165, 1.54) is 17.4 Å². The van der Waals surface area contributed by atoms with Crippen molar-refractivity contribution < 1.29 is 9.63 Å². The fourth-order valence-corrected chi connectivity index (χ4v) is 3.91. The Morgan fingerprint density at radius 2 is 1.93 bits per heavy atom. The minimum atomic E-state index is -0.370. The van der Waals surface area contributed by atoms with Crippen LogP contribution in [0, 0.1) is 11.8 Å². The highest BCUT2D eigenvalue weighted by molar-refractivity contribution is 6.30. The lowest BCUT2D eigenvalue weighted by Crippen LogP contribution is -2.22. The van der Waals surface area contributed by atoms with Crippen LogP contribution in [0.1, 0.15) is 17.5 Å². The Morgan fingerprint density at radius 3 is 2.76 bits per heavy atom. The van der Waals surface area contributed by atoms with E-state index in [1.807, 2.05) is 30.3 Å². The van der Waals surface area contributed by atoms with Crippen molar-refractivity contribution in [2.24, 2.45) is 22.1 Å². The molecule has 0 radical (unpaired) electrons. The number of allylic oxidation sites excluding steroid dienone is 4. The van der Waals surface area contributed by atoms with Crippen molar-refractivity contribution in [3.05, 3.63) is 88.5 Å². The van der Waals surface area contributed by atoms with E-state index in [0.717, 1.165) is 17.6 Å². The molecule has 0 aliphatic heterocycles. The number of hydrazone groups is 1. The summed E-state index contributed by atoms with van der Waals surface area (Å²) in [6, 6.07) is 17.5. The first-order chi connectivity index (χ1) is 14.2. The van der Waals surface area contributed by atoms with E-state index < -0.39 is 0 Å². The topological polar surface area (TPSA) is 63.0 Å². The second-order valence-corrected chi connectivity index (χ2v) is 7.36. The van der Waals surface area contributed by atoms with Crippen molar-refractivity contribution in [1.82, 2.24) is 5.43 Å². The third-order valence-corrected chi connectivity index (χ3v) is 5.20. The molecule has 0 heterocycles. The van der Waals surface area contributed by atoms with Crippen LogP contribution in [0.25, 0.3) is 5.57 Å². The number of halogens is 1. The van der Waals surface area contributed by atoms with Gasteiger partial charge >= 0.3 is 0 Å². The number of carbonyl (C=O) groups excluding carboxylic acids is 1. The van der Waals surface area contributed by atoms with Crippen molar-refractivity contribution >= 4 is 35.5 Å². The first-order valence-electron chi connectivity index (χ1n) is 9.41. The van der Waals surface area contributed by atoms with Crippen LogP contribution < -0.4 is 5.43 Å². The third-order valence-electron chi connectivity index (χ3n) is 4.96. The zero-order valence-electron chi connectivity index (χ0n) is 15.7. The van der Waals surface area contributed by atoms with E-state index in [4.69, 9.17) is 16.4 Å². The summed E-state index contributed by atoms with van der Waals surface area (Å²) in [7, 11) is 0. The molecule has 0 spiro atoms. The summed E-state index contributed by atoms with van der Waals surface area (Å²) < 4.78 is 0. The third kappa shape index (κ3) is 4.63. The van der Waals surface area contributed by atoms with Crippen LogP contribution in [0.5, 0.6) is 0 Å². The molecule has 2 aliphatic carbocycles. The fraction of sp³-hybridized carbons (Fsp3) is 0.174. The number of nitrogens with one attached hydrogen (secondary N) is 1. The van der Waals surface area contributed by atoms with E-state index in [-0.39, 0.29) is 12.5 Å². The van der Waals surface area contributed by atoms with E-state index >= 15 is 0 Å². The van der Waals surface area contributed by atoms with Crippen LogP contribution in [-0.2, 0) is 9.63 Å². The molecule has 1 N–H and O–H groups in total. The average Bonchev–Trinajstić information content (AvgIpc) is 3.34. The van der Waals surface area contributed by atoms with Crippen LogP contribution in [0.2, 0.25) is 5.02 Å². The summed E-state index contributed by atoms with van der Waals surface area (Å²) >= 11 is 5.90. The highest BCUT2D eigenvalue weighted by Gasteiger charge is 2.34. The average molecular weight is 406 g/mol. The number of amides is 1. The monoisotopic (exact) mass is 405 g/mol. The zero-order chi connectivity index (χ0) is 20.1. The van der Waals surface area contributed by atoms with Crippen molar-refractivity contribution in [3.8, 4) is 0 Å². The lowest BCUT2D eigenvalue weighted by Gasteiger charge is -2.13. The predicted octanol–water partition coefficient (Wildman–Crippen LogP) is 4.45. The zero-order valence-corrected chi connectivity index (χ0v) is 16.4. The summed E-state index contributed by atoms with van der Waals surface area (Å²) in [6.45, 7) is -0.217. The molecule has 146 valence electrons. The predicted molar refractivity (Wildman–Crippen MR) is 116 cm³/mol. The molecule has 5 nitrogen and oxygen atoms in total. The Hall–Kier alpha value is -3.18. The molecule has 0 fully saturated rings. The Balaban J connectivity index is 1.32. The van der Waals surface area contributed by atoms with Gasteiger partial charge in [0.05, 0.1) is 12.4 Å². The number of hydrogen-bond donors (Lipinski definition) is 1. The largest absolute Gasteiger partial charge is 0.386 e. The number of hydrogen-bond acceptors (Lipinski definition) is 4. The Bertz CT molecular complexity index is 1010. The molecule has 2 unspecified atom stereocenters. The minimum absolute atomic E-state index is 0.217. The van der Waals surface area contributed by atoms with Gasteiger partial charge in [-0.15, -0.1) is 0 Å². The number of oxime groups is 1. The standard InChI is InChI=1S/C23H20ClN3O2/c24-20-8-4-5-16(11-20)13-26-29-15-22(28)27-25-14-21-18-9-10-19(12-18)23(21)17-6-2-1-3-7-17/h1-11,13-14,18-19H,12,15H2,(H,27,28)/b25-14+,26-13+. The fourth-order valence-electron chi connectivity index (χ4n) is 3.71. The summed E-state index contributed by atoms with van der Waals surface area (Å²) in [5, 5.41) is 8.52. The molecule has 2 aromatic carbocycles. The van der Waals surface area contributed by atoms with E-state index in [0.29, 0.717) is 16.9 Å². The number of fused-ring (bicyclic) bond motifs is 2. The summed E-state index contributed by atoms with van der Waals surface area (Å²) in [5.41, 5.74) is 6.94. The maximum atomic E-state index is 11.9. The van der Waals surface area contributed by atoms with Crippen LogP contribution in [0.15, 0.2) is 82.6 Å². The van der Waals surface area contributed by atoms with Crippen LogP contribution in [0.3, 0.4) is 0 Å². The molecule has 2 bridgehead atoms. The normalized spacial score (nSPS) is 20.2. The van der Waals surface area contributed by atoms with Crippen LogP contribution in [0.4, 0.5) is 0 Å². The molecule has 4 rings (SSSR count). The van der Waals surface area contributed by atoms with Crippen molar-refractivity contribution in [2.45, 2.75) is 6.42 Å². The summed E-state index contributed by atoms with van der Waals surface area (Å²) in [4.78, 5) is 16.9. The van der Waals surface area contributed by atoms with E-state index in [9.17, 15) is 4.79 Å². The first kappa shape index (κ1) is 19.2. The molecule has 2 atom stereocenters.